The summed E-state index contributed by atoms with van der Waals surface area (Å²) in [5.74, 6) is 1.82. The molecule has 2 atom stereocenters. The van der Waals surface area contributed by atoms with E-state index in [1.54, 1.807) is 11.1 Å². The molecule has 1 aliphatic rings. The molecule has 0 aliphatic heterocycles. The van der Waals surface area contributed by atoms with Gasteiger partial charge < -0.3 is 0 Å². The van der Waals surface area contributed by atoms with Crippen LogP contribution in [-0.4, -0.2) is 0 Å². The molecule has 0 aromatic carbocycles. The minimum absolute atomic E-state index is 0.831. The van der Waals surface area contributed by atoms with Crippen molar-refractivity contribution in [1.29, 1.82) is 0 Å². The highest BCUT2D eigenvalue weighted by Crippen LogP contribution is 2.36. The van der Waals surface area contributed by atoms with E-state index in [1.807, 2.05) is 0 Å². The fourth-order valence-corrected chi connectivity index (χ4v) is 2.81. The highest BCUT2D eigenvalue weighted by Gasteiger charge is 2.20. The van der Waals surface area contributed by atoms with E-state index in [-0.39, 0.29) is 0 Å². The zero-order valence-electron chi connectivity index (χ0n) is 10.4. The van der Waals surface area contributed by atoms with Gasteiger partial charge in [0.25, 0.3) is 0 Å². The lowest BCUT2D eigenvalue weighted by atomic mass is 9.78. The molecule has 0 fully saturated rings. The van der Waals surface area contributed by atoms with E-state index in [9.17, 15) is 0 Å². The highest BCUT2D eigenvalue weighted by atomic mass is 14.3. The van der Waals surface area contributed by atoms with Crippen LogP contribution in [0.1, 0.15) is 66.2 Å². The second kappa shape index (κ2) is 5.58. The summed E-state index contributed by atoms with van der Waals surface area (Å²) in [5, 5.41) is 0. The van der Waals surface area contributed by atoms with E-state index in [4.69, 9.17) is 0 Å². The molecule has 0 aromatic heterocycles. The van der Waals surface area contributed by atoms with E-state index in [2.05, 4.69) is 27.7 Å². The Morgan fingerprint density at radius 2 is 2.07 bits per heavy atom. The number of hydrogen-bond donors (Lipinski definition) is 0. The summed E-state index contributed by atoms with van der Waals surface area (Å²) in [6.07, 6.45) is 8.32. The SMILES string of the molecule is CCCC1CCC(C(C)CC)=C(C)C1. The zero-order valence-corrected chi connectivity index (χ0v) is 10.4. The van der Waals surface area contributed by atoms with Crippen LogP contribution >= 0.6 is 0 Å². The predicted octanol–water partition coefficient (Wildman–Crippen LogP) is 4.95. The fraction of sp³-hybridized carbons (Fsp3) is 0.857. The first-order chi connectivity index (χ1) is 6.69. The third-order valence-electron chi connectivity index (χ3n) is 3.87. The Balaban J connectivity index is 2.58. The molecule has 0 nitrogen and oxygen atoms in total. The molecule has 0 saturated carbocycles. The van der Waals surface area contributed by atoms with Crippen LogP contribution in [0.25, 0.3) is 0 Å². The smallest absolute Gasteiger partial charge is 0.0232 e. The quantitative estimate of drug-likeness (QED) is 0.555. The molecule has 2 unspecified atom stereocenters. The Morgan fingerprint density at radius 1 is 1.36 bits per heavy atom. The Kier molecular flexibility index (Phi) is 4.71. The van der Waals surface area contributed by atoms with Gasteiger partial charge >= 0.3 is 0 Å². The normalized spacial score (nSPS) is 25.3. The second-order valence-electron chi connectivity index (χ2n) is 5.01. The Bertz CT molecular complexity index is 200. The van der Waals surface area contributed by atoms with Gasteiger partial charge in [0, 0.05) is 0 Å². The average molecular weight is 194 g/mol. The van der Waals surface area contributed by atoms with E-state index in [0.29, 0.717) is 0 Å². The molecule has 0 aromatic rings. The largest absolute Gasteiger partial charge is 0.0736 e. The average Bonchev–Trinajstić information content (AvgIpc) is 2.17. The fourth-order valence-electron chi connectivity index (χ4n) is 2.81. The lowest BCUT2D eigenvalue weighted by molar-refractivity contribution is 0.401. The van der Waals surface area contributed by atoms with Gasteiger partial charge in [0.15, 0.2) is 0 Å². The molecule has 0 heteroatoms. The van der Waals surface area contributed by atoms with E-state index < -0.39 is 0 Å². The number of allylic oxidation sites excluding steroid dienone is 2. The maximum Gasteiger partial charge on any atom is -0.0232 e. The van der Waals surface area contributed by atoms with Crippen molar-refractivity contribution in [3.05, 3.63) is 11.1 Å². The van der Waals surface area contributed by atoms with Crippen molar-refractivity contribution >= 4 is 0 Å². The molecule has 1 aliphatic carbocycles. The molecule has 1 rings (SSSR count). The van der Waals surface area contributed by atoms with Crippen molar-refractivity contribution in [1.82, 2.24) is 0 Å². The van der Waals surface area contributed by atoms with Crippen LogP contribution in [0.2, 0.25) is 0 Å². The second-order valence-corrected chi connectivity index (χ2v) is 5.01. The number of hydrogen-bond acceptors (Lipinski definition) is 0. The van der Waals surface area contributed by atoms with Gasteiger partial charge in [-0.3, -0.25) is 0 Å². The molecule has 0 radical (unpaired) electrons. The Labute approximate surface area is 89.8 Å². The van der Waals surface area contributed by atoms with Crippen molar-refractivity contribution in [3.8, 4) is 0 Å². The third kappa shape index (κ3) is 2.87. The topological polar surface area (TPSA) is 0 Å². The predicted molar refractivity (Wildman–Crippen MR) is 64.4 cm³/mol. The van der Waals surface area contributed by atoms with Gasteiger partial charge in [-0.2, -0.15) is 0 Å². The molecule has 0 saturated heterocycles. The van der Waals surface area contributed by atoms with Gasteiger partial charge in [-0.25, -0.2) is 0 Å². The van der Waals surface area contributed by atoms with Crippen LogP contribution in [-0.2, 0) is 0 Å². The van der Waals surface area contributed by atoms with Crippen LogP contribution in [0, 0.1) is 11.8 Å². The molecule has 0 amide bonds. The molecule has 0 heterocycles. The van der Waals surface area contributed by atoms with E-state index in [0.717, 1.165) is 11.8 Å². The van der Waals surface area contributed by atoms with Crippen molar-refractivity contribution in [2.24, 2.45) is 11.8 Å². The summed E-state index contributed by atoms with van der Waals surface area (Å²) in [7, 11) is 0. The first-order valence-corrected chi connectivity index (χ1v) is 6.37. The van der Waals surface area contributed by atoms with E-state index in [1.165, 1.54) is 38.5 Å². The van der Waals surface area contributed by atoms with Crippen LogP contribution in [0.15, 0.2) is 11.1 Å². The van der Waals surface area contributed by atoms with Crippen molar-refractivity contribution in [3.63, 3.8) is 0 Å². The summed E-state index contributed by atoms with van der Waals surface area (Å²) in [6, 6.07) is 0. The minimum Gasteiger partial charge on any atom is -0.0736 e. The van der Waals surface area contributed by atoms with Gasteiger partial charge in [0.1, 0.15) is 0 Å². The van der Waals surface area contributed by atoms with Gasteiger partial charge in [-0.15, -0.1) is 0 Å². The highest BCUT2D eigenvalue weighted by molar-refractivity contribution is 5.18. The van der Waals surface area contributed by atoms with Gasteiger partial charge in [-0.05, 0) is 44.4 Å². The summed E-state index contributed by atoms with van der Waals surface area (Å²) >= 11 is 0. The van der Waals surface area contributed by atoms with Crippen LogP contribution < -0.4 is 0 Å². The molecule has 0 bridgehead atoms. The zero-order chi connectivity index (χ0) is 10.6. The van der Waals surface area contributed by atoms with E-state index >= 15 is 0 Å². The number of rotatable bonds is 4. The maximum absolute atomic E-state index is 2.39. The van der Waals surface area contributed by atoms with Gasteiger partial charge in [0.2, 0.25) is 0 Å². The Hall–Kier alpha value is -0.260. The Morgan fingerprint density at radius 3 is 2.57 bits per heavy atom. The van der Waals surface area contributed by atoms with Gasteiger partial charge in [-0.1, -0.05) is 44.8 Å². The lowest BCUT2D eigenvalue weighted by Crippen LogP contribution is -2.13. The summed E-state index contributed by atoms with van der Waals surface area (Å²) < 4.78 is 0. The van der Waals surface area contributed by atoms with Crippen molar-refractivity contribution in [2.45, 2.75) is 66.2 Å². The standard InChI is InChI=1S/C14H26/c1-5-7-13-8-9-14(11(3)6-2)12(4)10-13/h11,13H,5-10H2,1-4H3. The first-order valence-electron chi connectivity index (χ1n) is 6.37. The monoisotopic (exact) mass is 194 g/mol. The van der Waals surface area contributed by atoms with Crippen LogP contribution in [0.4, 0.5) is 0 Å². The lowest BCUT2D eigenvalue weighted by Gasteiger charge is -2.28. The molecule has 14 heavy (non-hydrogen) atoms. The summed E-state index contributed by atoms with van der Waals surface area (Å²) in [5.41, 5.74) is 3.49. The molecule has 0 N–H and O–H groups in total. The summed E-state index contributed by atoms with van der Waals surface area (Å²) in [6.45, 7) is 9.37. The first kappa shape index (κ1) is 11.8. The molecular weight excluding hydrogens is 168 g/mol. The van der Waals surface area contributed by atoms with Crippen molar-refractivity contribution < 1.29 is 0 Å². The molecule has 0 spiro atoms. The van der Waals surface area contributed by atoms with Crippen LogP contribution in [0.3, 0.4) is 0 Å². The molecule has 82 valence electrons. The van der Waals surface area contributed by atoms with Crippen LogP contribution in [0.5, 0.6) is 0 Å². The van der Waals surface area contributed by atoms with Crippen molar-refractivity contribution in [2.75, 3.05) is 0 Å². The van der Waals surface area contributed by atoms with Gasteiger partial charge in [0.05, 0.1) is 0 Å². The minimum atomic E-state index is 0.831. The third-order valence-corrected chi connectivity index (χ3v) is 3.87. The molecular formula is C14H26. The maximum atomic E-state index is 2.39. The summed E-state index contributed by atoms with van der Waals surface area (Å²) in [4.78, 5) is 0.